The lowest BCUT2D eigenvalue weighted by atomic mass is 9.74. The number of rotatable bonds is 8. The maximum atomic E-state index is 4.08. The first kappa shape index (κ1) is 27.6. The first-order valence-corrected chi connectivity index (χ1v) is 16.6. The van der Waals surface area contributed by atoms with E-state index in [1.54, 1.807) is 11.1 Å². The van der Waals surface area contributed by atoms with E-state index < -0.39 is 0 Å². The van der Waals surface area contributed by atoms with Crippen LogP contribution in [-0.4, -0.2) is 11.6 Å². The zero-order valence-corrected chi connectivity index (χ0v) is 25.9. The predicted molar refractivity (Wildman–Crippen MR) is 166 cm³/mol. The van der Waals surface area contributed by atoms with Crippen LogP contribution in [0.5, 0.6) is 0 Å². The lowest BCUT2D eigenvalue weighted by Gasteiger charge is -2.31. The molecule has 2 aromatic carbocycles. The SMILES string of the molecule is Cc1cc(CCC23CCCC2C(C)C(C)C3)cc(Cc2cc(C)cc(CCC34CCCC3C(C)C(C)N4)c2)c1. The molecule has 8 unspecified atom stereocenters. The average Bonchev–Trinajstić information content (AvgIpc) is 3.59. The van der Waals surface area contributed by atoms with Gasteiger partial charge in [-0.1, -0.05) is 81.1 Å². The number of hydrogen-bond donors (Lipinski definition) is 1. The second kappa shape index (κ2) is 10.7. The maximum Gasteiger partial charge on any atom is 0.0218 e. The van der Waals surface area contributed by atoms with Crippen molar-refractivity contribution in [3.8, 4) is 0 Å². The Balaban J connectivity index is 1.13. The zero-order chi connectivity index (χ0) is 27.4. The Morgan fingerprint density at radius 3 is 1.97 bits per heavy atom. The summed E-state index contributed by atoms with van der Waals surface area (Å²) in [5, 5.41) is 4.08. The summed E-state index contributed by atoms with van der Waals surface area (Å²) in [5.41, 5.74) is 10.0. The van der Waals surface area contributed by atoms with Crippen LogP contribution in [0.25, 0.3) is 0 Å². The first-order valence-electron chi connectivity index (χ1n) is 16.6. The van der Waals surface area contributed by atoms with Gasteiger partial charge >= 0.3 is 0 Å². The molecule has 1 heterocycles. The van der Waals surface area contributed by atoms with Crippen LogP contribution in [0.3, 0.4) is 0 Å². The minimum Gasteiger partial charge on any atom is -0.308 e. The van der Waals surface area contributed by atoms with Crippen LogP contribution in [0.1, 0.15) is 119 Å². The molecule has 212 valence electrons. The van der Waals surface area contributed by atoms with Crippen molar-refractivity contribution in [2.24, 2.45) is 35.0 Å². The molecular formula is C38H55N. The highest BCUT2D eigenvalue weighted by atomic mass is 15.1. The Hall–Kier alpha value is -1.60. The second-order valence-corrected chi connectivity index (χ2v) is 15.2. The fraction of sp³-hybridized carbons (Fsp3) is 0.684. The molecule has 0 spiro atoms. The molecule has 0 amide bonds. The summed E-state index contributed by atoms with van der Waals surface area (Å²) in [6.07, 6.45) is 16.3. The van der Waals surface area contributed by atoms with Crippen molar-refractivity contribution in [2.45, 2.75) is 130 Å². The van der Waals surface area contributed by atoms with Gasteiger partial charge in [-0.05, 0) is 142 Å². The molecule has 1 aliphatic heterocycles. The lowest BCUT2D eigenvalue weighted by molar-refractivity contribution is 0.199. The van der Waals surface area contributed by atoms with Gasteiger partial charge in [-0.2, -0.15) is 0 Å². The Morgan fingerprint density at radius 1 is 0.692 bits per heavy atom. The van der Waals surface area contributed by atoms with E-state index in [2.05, 4.69) is 83.3 Å². The zero-order valence-electron chi connectivity index (χ0n) is 25.9. The number of fused-ring (bicyclic) bond motifs is 2. The molecule has 4 fully saturated rings. The van der Waals surface area contributed by atoms with Crippen LogP contribution >= 0.6 is 0 Å². The van der Waals surface area contributed by atoms with Crippen molar-refractivity contribution >= 4 is 0 Å². The van der Waals surface area contributed by atoms with E-state index in [1.165, 1.54) is 92.9 Å². The summed E-state index contributed by atoms with van der Waals surface area (Å²) in [4.78, 5) is 0. The van der Waals surface area contributed by atoms with E-state index >= 15 is 0 Å². The van der Waals surface area contributed by atoms with E-state index in [0.29, 0.717) is 17.0 Å². The predicted octanol–water partition coefficient (Wildman–Crippen LogP) is 9.39. The van der Waals surface area contributed by atoms with Gasteiger partial charge in [0.2, 0.25) is 0 Å². The lowest BCUT2D eigenvalue weighted by Crippen LogP contribution is -2.44. The van der Waals surface area contributed by atoms with Crippen LogP contribution in [0.15, 0.2) is 36.4 Å². The van der Waals surface area contributed by atoms with Gasteiger partial charge < -0.3 is 5.32 Å². The molecule has 0 bridgehead atoms. The third kappa shape index (κ3) is 5.27. The van der Waals surface area contributed by atoms with Gasteiger partial charge in [0.25, 0.3) is 0 Å². The third-order valence-electron chi connectivity index (χ3n) is 12.6. The monoisotopic (exact) mass is 525 g/mol. The van der Waals surface area contributed by atoms with Gasteiger partial charge in [-0.15, -0.1) is 0 Å². The molecule has 1 saturated heterocycles. The van der Waals surface area contributed by atoms with Crippen LogP contribution in [0, 0.1) is 48.9 Å². The summed E-state index contributed by atoms with van der Waals surface area (Å²) in [5.74, 6) is 4.50. The van der Waals surface area contributed by atoms with Crippen LogP contribution in [0.4, 0.5) is 0 Å². The van der Waals surface area contributed by atoms with Crippen LogP contribution < -0.4 is 5.32 Å². The van der Waals surface area contributed by atoms with E-state index in [-0.39, 0.29) is 0 Å². The van der Waals surface area contributed by atoms with Gasteiger partial charge in [0, 0.05) is 11.6 Å². The van der Waals surface area contributed by atoms with E-state index in [0.717, 1.165) is 36.0 Å². The maximum absolute atomic E-state index is 4.08. The fourth-order valence-electron chi connectivity index (χ4n) is 10.6. The summed E-state index contributed by atoms with van der Waals surface area (Å²) in [7, 11) is 0. The highest BCUT2D eigenvalue weighted by molar-refractivity contribution is 5.37. The Morgan fingerprint density at radius 2 is 1.28 bits per heavy atom. The molecule has 0 radical (unpaired) electrons. The smallest absolute Gasteiger partial charge is 0.0218 e. The third-order valence-corrected chi connectivity index (χ3v) is 12.6. The molecule has 3 aliphatic carbocycles. The molecule has 8 atom stereocenters. The Bertz CT molecular complexity index is 1090. The summed E-state index contributed by atoms with van der Waals surface area (Å²) in [6, 6.07) is 15.5. The average molecular weight is 526 g/mol. The highest BCUT2D eigenvalue weighted by Crippen LogP contribution is 2.61. The molecule has 4 aliphatic rings. The molecule has 6 rings (SSSR count). The Labute approximate surface area is 240 Å². The minimum atomic E-state index is 0.390. The van der Waals surface area contributed by atoms with Crippen molar-refractivity contribution in [1.29, 1.82) is 0 Å². The molecule has 0 aromatic heterocycles. The molecule has 1 nitrogen and oxygen atoms in total. The van der Waals surface area contributed by atoms with Gasteiger partial charge in [0.1, 0.15) is 0 Å². The fourth-order valence-corrected chi connectivity index (χ4v) is 10.6. The standard InChI is InChI=1S/C38H55N/c1-25-17-31(11-15-37-13-7-9-35(37)28(4)27(3)24-37)21-33(19-25)23-34-20-26(2)18-32(22-34)12-16-38-14-8-10-36(38)29(5)30(6)39-38/h17-22,27-30,35-36,39H,7-16,23-24H2,1-6H3. The molecule has 1 heteroatoms. The number of aryl methyl sites for hydroxylation is 4. The van der Waals surface area contributed by atoms with E-state index in [4.69, 9.17) is 0 Å². The van der Waals surface area contributed by atoms with E-state index in [9.17, 15) is 0 Å². The molecule has 3 saturated carbocycles. The van der Waals surface area contributed by atoms with Gasteiger partial charge in [-0.3, -0.25) is 0 Å². The minimum absolute atomic E-state index is 0.390. The van der Waals surface area contributed by atoms with Crippen molar-refractivity contribution in [1.82, 2.24) is 5.32 Å². The normalized spacial score (nSPS) is 37.4. The summed E-state index contributed by atoms with van der Waals surface area (Å²) in [6.45, 7) is 14.6. The van der Waals surface area contributed by atoms with E-state index in [1.807, 2.05) is 0 Å². The number of benzene rings is 2. The first-order chi connectivity index (χ1) is 18.7. The second-order valence-electron chi connectivity index (χ2n) is 15.2. The number of nitrogens with one attached hydrogen (secondary N) is 1. The van der Waals surface area contributed by atoms with Crippen molar-refractivity contribution in [3.63, 3.8) is 0 Å². The number of hydrogen-bond acceptors (Lipinski definition) is 1. The Kier molecular flexibility index (Phi) is 7.54. The van der Waals surface area contributed by atoms with Crippen molar-refractivity contribution < 1.29 is 0 Å². The van der Waals surface area contributed by atoms with Crippen molar-refractivity contribution in [2.75, 3.05) is 0 Å². The highest BCUT2D eigenvalue weighted by Gasteiger charge is 2.52. The molecule has 2 aromatic rings. The van der Waals surface area contributed by atoms with Crippen LogP contribution in [0.2, 0.25) is 0 Å². The molecule has 1 N–H and O–H groups in total. The van der Waals surface area contributed by atoms with Crippen molar-refractivity contribution in [3.05, 3.63) is 69.8 Å². The van der Waals surface area contributed by atoms with Crippen LogP contribution in [-0.2, 0) is 19.3 Å². The quantitative estimate of drug-likeness (QED) is 0.362. The van der Waals surface area contributed by atoms with Gasteiger partial charge in [0.15, 0.2) is 0 Å². The molecule has 39 heavy (non-hydrogen) atoms. The van der Waals surface area contributed by atoms with Gasteiger partial charge in [-0.25, -0.2) is 0 Å². The summed E-state index contributed by atoms with van der Waals surface area (Å²) < 4.78 is 0. The van der Waals surface area contributed by atoms with Gasteiger partial charge in [0.05, 0.1) is 0 Å². The topological polar surface area (TPSA) is 12.0 Å². The molecular weight excluding hydrogens is 470 g/mol. The largest absolute Gasteiger partial charge is 0.308 e. The summed E-state index contributed by atoms with van der Waals surface area (Å²) >= 11 is 0.